The first-order chi connectivity index (χ1) is 6.79. The average Bonchev–Trinajstić information content (AvgIpc) is 2.23. The topological polar surface area (TPSA) is 21.3 Å². The molecular weight excluding hydrogens is 221 g/mol. The molecule has 0 spiro atoms. The Labute approximate surface area is 93.2 Å². The lowest BCUT2D eigenvalue weighted by molar-refractivity contribution is 0.0769. The zero-order chi connectivity index (χ0) is 9.97. The summed E-state index contributed by atoms with van der Waals surface area (Å²) in [5, 5.41) is 4.55. The molecule has 14 heavy (non-hydrogen) atoms. The van der Waals surface area contributed by atoms with E-state index in [1.807, 2.05) is 12.1 Å². The van der Waals surface area contributed by atoms with E-state index in [2.05, 4.69) is 5.32 Å². The van der Waals surface area contributed by atoms with Crippen LogP contribution in [0.15, 0.2) is 18.2 Å². The molecule has 1 aromatic carbocycles. The quantitative estimate of drug-likeness (QED) is 0.803. The minimum Gasteiger partial charge on any atom is -0.378 e. The number of morpholine rings is 1. The van der Waals surface area contributed by atoms with Crippen molar-refractivity contribution in [2.45, 2.75) is 6.04 Å². The maximum absolute atomic E-state index is 6.10. The Bertz CT molecular complexity index is 324. The zero-order valence-electron chi connectivity index (χ0n) is 7.59. The first-order valence-electron chi connectivity index (χ1n) is 4.54. The Morgan fingerprint density at radius 2 is 2.21 bits per heavy atom. The number of hydrogen-bond acceptors (Lipinski definition) is 2. The van der Waals surface area contributed by atoms with E-state index in [4.69, 9.17) is 27.9 Å². The number of hydrogen-bond donors (Lipinski definition) is 1. The molecule has 0 bridgehead atoms. The van der Waals surface area contributed by atoms with Crippen LogP contribution in [0, 0.1) is 0 Å². The molecule has 1 N–H and O–H groups in total. The van der Waals surface area contributed by atoms with Crippen molar-refractivity contribution in [3.05, 3.63) is 33.8 Å². The Morgan fingerprint density at radius 3 is 2.93 bits per heavy atom. The molecule has 2 nitrogen and oxygen atoms in total. The SMILES string of the molecule is Clc1cccc([C@H]2COCCN2)c1Cl. The van der Waals surface area contributed by atoms with Gasteiger partial charge in [0.15, 0.2) is 0 Å². The molecule has 0 saturated carbocycles. The summed E-state index contributed by atoms with van der Waals surface area (Å²) in [5.74, 6) is 0. The van der Waals surface area contributed by atoms with Gasteiger partial charge in [-0.3, -0.25) is 0 Å². The lowest BCUT2D eigenvalue weighted by Crippen LogP contribution is -2.34. The molecule has 0 radical (unpaired) electrons. The smallest absolute Gasteiger partial charge is 0.0662 e. The van der Waals surface area contributed by atoms with E-state index in [0.29, 0.717) is 16.7 Å². The van der Waals surface area contributed by atoms with Gasteiger partial charge >= 0.3 is 0 Å². The summed E-state index contributed by atoms with van der Waals surface area (Å²) < 4.78 is 5.37. The Balaban J connectivity index is 2.26. The van der Waals surface area contributed by atoms with Crippen molar-refractivity contribution < 1.29 is 4.74 Å². The van der Waals surface area contributed by atoms with Crippen LogP contribution < -0.4 is 5.32 Å². The van der Waals surface area contributed by atoms with E-state index in [1.54, 1.807) is 6.07 Å². The summed E-state index contributed by atoms with van der Waals surface area (Å²) in [6, 6.07) is 5.83. The molecular formula is C10H11Cl2NO. The molecule has 0 unspecified atom stereocenters. The van der Waals surface area contributed by atoms with Crippen LogP contribution in [0.3, 0.4) is 0 Å². The maximum atomic E-state index is 6.10. The van der Waals surface area contributed by atoms with Crippen LogP contribution >= 0.6 is 23.2 Å². The lowest BCUT2D eigenvalue weighted by atomic mass is 10.1. The van der Waals surface area contributed by atoms with Gasteiger partial charge in [-0.05, 0) is 11.6 Å². The zero-order valence-corrected chi connectivity index (χ0v) is 9.11. The molecule has 4 heteroatoms. The fourth-order valence-electron chi connectivity index (χ4n) is 1.55. The first kappa shape index (κ1) is 10.2. The largest absolute Gasteiger partial charge is 0.378 e. The second kappa shape index (κ2) is 4.49. The fourth-order valence-corrected chi connectivity index (χ4v) is 1.99. The van der Waals surface area contributed by atoms with Crippen molar-refractivity contribution >= 4 is 23.2 Å². The number of benzene rings is 1. The molecule has 0 aromatic heterocycles. The van der Waals surface area contributed by atoms with Crippen molar-refractivity contribution in [3.8, 4) is 0 Å². The number of halogens is 2. The maximum Gasteiger partial charge on any atom is 0.0662 e. The molecule has 1 aromatic rings. The van der Waals surface area contributed by atoms with E-state index in [-0.39, 0.29) is 6.04 Å². The lowest BCUT2D eigenvalue weighted by Gasteiger charge is -2.25. The summed E-state index contributed by atoms with van der Waals surface area (Å²) in [6.07, 6.45) is 0. The fraction of sp³-hybridized carbons (Fsp3) is 0.400. The second-order valence-corrected chi connectivity index (χ2v) is 4.01. The monoisotopic (exact) mass is 231 g/mol. The van der Waals surface area contributed by atoms with Gasteiger partial charge in [0.25, 0.3) is 0 Å². The average molecular weight is 232 g/mol. The van der Waals surface area contributed by atoms with Gasteiger partial charge in [0, 0.05) is 6.54 Å². The summed E-state index contributed by atoms with van der Waals surface area (Å²) in [7, 11) is 0. The van der Waals surface area contributed by atoms with E-state index >= 15 is 0 Å². The summed E-state index contributed by atoms with van der Waals surface area (Å²) >= 11 is 12.0. The van der Waals surface area contributed by atoms with Crippen molar-refractivity contribution in [1.82, 2.24) is 5.32 Å². The van der Waals surface area contributed by atoms with Gasteiger partial charge in [0.1, 0.15) is 0 Å². The van der Waals surface area contributed by atoms with Gasteiger partial charge in [-0.25, -0.2) is 0 Å². The van der Waals surface area contributed by atoms with Gasteiger partial charge in [0.05, 0.1) is 29.3 Å². The van der Waals surface area contributed by atoms with E-state index < -0.39 is 0 Å². The molecule has 1 saturated heterocycles. The van der Waals surface area contributed by atoms with Crippen LogP contribution in [0.1, 0.15) is 11.6 Å². The van der Waals surface area contributed by atoms with Crippen LogP contribution in [0.25, 0.3) is 0 Å². The normalized spacial score (nSPS) is 22.3. The van der Waals surface area contributed by atoms with Crippen molar-refractivity contribution in [2.75, 3.05) is 19.8 Å². The van der Waals surface area contributed by atoms with Crippen molar-refractivity contribution in [2.24, 2.45) is 0 Å². The van der Waals surface area contributed by atoms with Crippen LogP contribution in [-0.4, -0.2) is 19.8 Å². The molecule has 1 aliphatic rings. The third-order valence-corrected chi connectivity index (χ3v) is 3.11. The highest BCUT2D eigenvalue weighted by Gasteiger charge is 2.18. The Morgan fingerprint density at radius 1 is 1.36 bits per heavy atom. The van der Waals surface area contributed by atoms with Crippen LogP contribution in [0.2, 0.25) is 10.0 Å². The van der Waals surface area contributed by atoms with Gasteiger partial charge in [-0.15, -0.1) is 0 Å². The van der Waals surface area contributed by atoms with Crippen molar-refractivity contribution in [3.63, 3.8) is 0 Å². The highest BCUT2D eigenvalue weighted by molar-refractivity contribution is 6.42. The highest BCUT2D eigenvalue weighted by atomic mass is 35.5. The molecule has 1 heterocycles. The van der Waals surface area contributed by atoms with E-state index in [9.17, 15) is 0 Å². The van der Waals surface area contributed by atoms with Crippen molar-refractivity contribution in [1.29, 1.82) is 0 Å². The van der Waals surface area contributed by atoms with E-state index in [0.717, 1.165) is 18.7 Å². The van der Waals surface area contributed by atoms with Gasteiger partial charge < -0.3 is 10.1 Å². The Kier molecular flexibility index (Phi) is 3.29. The molecule has 0 aliphatic carbocycles. The summed E-state index contributed by atoms with van der Waals surface area (Å²) in [4.78, 5) is 0. The Hall–Kier alpha value is -0.280. The van der Waals surface area contributed by atoms with Crippen LogP contribution in [-0.2, 0) is 4.74 Å². The van der Waals surface area contributed by atoms with Gasteiger partial charge in [0.2, 0.25) is 0 Å². The number of rotatable bonds is 1. The van der Waals surface area contributed by atoms with Crippen LogP contribution in [0.5, 0.6) is 0 Å². The summed E-state index contributed by atoms with van der Waals surface area (Å²) in [6.45, 7) is 2.27. The third kappa shape index (κ3) is 2.04. The molecule has 1 aliphatic heterocycles. The molecule has 0 amide bonds. The standard InChI is InChI=1S/C10H11Cl2NO/c11-8-3-1-2-7(10(8)12)9-6-14-5-4-13-9/h1-3,9,13H,4-6H2/t9-/m1/s1. The van der Waals surface area contributed by atoms with Crippen LogP contribution in [0.4, 0.5) is 0 Å². The molecule has 1 atom stereocenters. The predicted molar refractivity (Wildman–Crippen MR) is 58.0 cm³/mol. The number of nitrogens with one attached hydrogen (secondary N) is 1. The number of ether oxygens (including phenoxy) is 1. The third-order valence-electron chi connectivity index (χ3n) is 2.28. The van der Waals surface area contributed by atoms with Gasteiger partial charge in [-0.1, -0.05) is 35.3 Å². The molecule has 76 valence electrons. The minimum absolute atomic E-state index is 0.162. The minimum atomic E-state index is 0.162. The summed E-state index contributed by atoms with van der Waals surface area (Å²) in [5.41, 5.74) is 1.01. The van der Waals surface area contributed by atoms with E-state index in [1.165, 1.54) is 0 Å². The molecule has 2 rings (SSSR count). The first-order valence-corrected chi connectivity index (χ1v) is 5.29. The highest BCUT2D eigenvalue weighted by Crippen LogP contribution is 2.30. The molecule has 1 fully saturated rings. The predicted octanol–water partition coefficient (Wildman–Crippen LogP) is 2.65. The second-order valence-electron chi connectivity index (χ2n) is 3.22. The van der Waals surface area contributed by atoms with Gasteiger partial charge in [-0.2, -0.15) is 0 Å².